The first kappa shape index (κ1) is 32.8. The molecule has 3 N–H and O–H groups in total. The number of rotatable bonds is 7. The van der Waals surface area contributed by atoms with E-state index in [2.05, 4.69) is 15.2 Å². The number of aliphatic hydroxyl groups excluding tert-OH is 1. The molecule has 1 aromatic heterocycles. The Morgan fingerprint density at radius 1 is 1.06 bits per heavy atom. The van der Waals surface area contributed by atoms with Crippen molar-refractivity contribution in [1.29, 1.82) is 0 Å². The average molecular weight is 676 g/mol. The molecule has 0 aliphatic carbocycles. The molecule has 1 spiro atoms. The molecule has 47 heavy (non-hydrogen) atoms. The molecule has 0 saturated carbocycles. The van der Waals surface area contributed by atoms with Crippen LogP contribution >= 0.6 is 11.6 Å². The largest absolute Gasteiger partial charge is 0.506 e. The van der Waals surface area contributed by atoms with Crippen molar-refractivity contribution in [1.82, 2.24) is 14.8 Å². The molecule has 3 aromatic rings. The second-order valence-electron chi connectivity index (χ2n) is 11.7. The van der Waals surface area contributed by atoms with E-state index in [4.69, 9.17) is 21.1 Å². The number of halogens is 4. The lowest BCUT2D eigenvalue weighted by molar-refractivity contribution is -0.231. The van der Waals surface area contributed by atoms with Gasteiger partial charge in [-0.05, 0) is 35.9 Å². The van der Waals surface area contributed by atoms with E-state index in [1.807, 2.05) is 24.3 Å². The third kappa shape index (κ3) is 6.96. The standard InChI is InChI=1S/C32H33ClF3N5O6/c33-24-18-20(17-23(27(24)42)32(34,35)36)19-26(28(43)40-15-13-39(14-16-40)21-5-9-37-10-6-21)46-30(45)41-11-7-31(8-12-41)22-3-1-2-4-25(22)38-29(44)47-31/h1-6,9-10,17-18,26,30,42,45H,7-8,11-16,19H2,(H,38,44)/t26-,30?/m1/s1. The maximum atomic E-state index is 13.9. The summed E-state index contributed by atoms with van der Waals surface area (Å²) in [6, 6.07) is 12.9. The molecule has 3 aliphatic heterocycles. The highest BCUT2D eigenvalue weighted by Crippen LogP contribution is 2.44. The molecule has 0 bridgehead atoms. The zero-order valence-corrected chi connectivity index (χ0v) is 25.9. The Hall–Kier alpha value is -4.11. The Kier molecular flexibility index (Phi) is 9.20. The van der Waals surface area contributed by atoms with Crippen LogP contribution in [0.25, 0.3) is 0 Å². The summed E-state index contributed by atoms with van der Waals surface area (Å²) in [5.41, 5.74) is 0.162. The molecular weight excluding hydrogens is 643 g/mol. The van der Waals surface area contributed by atoms with Gasteiger partial charge in [0.15, 0.2) is 0 Å². The molecule has 15 heteroatoms. The molecule has 0 radical (unpaired) electrons. The minimum absolute atomic E-state index is 0.00285. The van der Waals surface area contributed by atoms with Gasteiger partial charge in [0.1, 0.15) is 17.5 Å². The zero-order valence-electron chi connectivity index (χ0n) is 25.1. The molecule has 250 valence electrons. The maximum absolute atomic E-state index is 13.9. The third-order valence-electron chi connectivity index (χ3n) is 8.89. The van der Waals surface area contributed by atoms with E-state index in [0.29, 0.717) is 44.7 Å². The molecule has 1 unspecified atom stereocenters. The van der Waals surface area contributed by atoms with Gasteiger partial charge in [-0.25, -0.2) is 4.79 Å². The van der Waals surface area contributed by atoms with E-state index in [-0.39, 0.29) is 25.1 Å². The number of carbonyl (C=O) groups is 2. The molecule has 11 nitrogen and oxygen atoms in total. The Bertz CT molecular complexity index is 1610. The van der Waals surface area contributed by atoms with E-state index >= 15 is 0 Å². The fourth-order valence-electron chi connectivity index (χ4n) is 6.41. The van der Waals surface area contributed by atoms with Crippen LogP contribution in [0, 0.1) is 0 Å². The van der Waals surface area contributed by atoms with Crippen molar-refractivity contribution >= 4 is 35.0 Å². The summed E-state index contributed by atoms with van der Waals surface area (Å²) in [5.74, 6) is -1.62. The molecular formula is C32H33ClF3N5O6. The number of nitrogens with one attached hydrogen (secondary N) is 1. The predicted octanol–water partition coefficient (Wildman–Crippen LogP) is 4.57. The Labute approximate surface area is 273 Å². The van der Waals surface area contributed by atoms with Gasteiger partial charge >= 0.3 is 12.3 Å². The number of amides is 2. The predicted molar refractivity (Wildman–Crippen MR) is 165 cm³/mol. The van der Waals surface area contributed by atoms with Gasteiger partial charge in [-0.15, -0.1) is 0 Å². The number of phenolic OH excluding ortho intramolecular Hbond substituents is 1. The Balaban J connectivity index is 1.19. The summed E-state index contributed by atoms with van der Waals surface area (Å²) in [5, 5.41) is 23.4. The van der Waals surface area contributed by atoms with Crippen LogP contribution in [0.5, 0.6) is 5.75 Å². The number of piperazine rings is 1. The number of hydrogen-bond donors (Lipinski definition) is 3. The first-order valence-electron chi connectivity index (χ1n) is 15.1. The number of nitrogens with zero attached hydrogens (tertiary/aromatic N) is 4. The average Bonchev–Trinajstić information content (AvgIpc) is 3.06. The number of ether oxygens (including phenoxy) is 2. The molecule has 2 saturated heterocycles. The minimum Gasteiger partial charge on any atom is -0.506 e. The molecule has 4 heterocycles. The van der Waals surface area contributed by atoms with Crippen LogP contribution < -0.4 is 10.2 Å². The quantitative estimate of drug-likeness (QED) is 0.309. The zero-order chi connectivity index (χ0) is 33.3. The lowest BCUT2D eigenvalue weighted by Crippen LogP contribution is -2.55. The minimum atomic E-state index is -4.90. The molecule has 2 fully saturated rings. The van der Waals surface area contributed by atoms with Gasteiger partial charge in [-0.3, -0.25) is 20.0 Å². The Morgan fingerprint density at radius 2 is 1.74 bits per heavy atom. The smallest absolute Gasteiger partial charge is 0.420 e. The molecule has 3 aliphatic rings. The highest BCUT2D eigenvalue weighted by atomic mass is 35.5. The van der Waals surface area contributed by atoms with Crippen molar-refractivity contribution in [3.05, 3.63) is 82.6 Å². The maximum Gasteiger partial charge on any atom is 0.420 e. The number of aromatic nitrogens is 1. The first-order chi connectivity index (χ1) is 22.4. The number of phenols is 1. The molecule has 2 aromatic carbocycles. The third-order valence-corrected chi connectivity index (χ3v) is 9.18. The number of anilines is 2. The monoisotopic (exact) mass is 675 g/mol. The van der Waals surface area contributed by atoms with Gasteiger partial charge < -0.3 is 29.5 Å². The number of carbonyl (C=O) groups excluding carboxylic acids is 2. The number of aromatic hydroxyl groups is 1. The van der Waals surface area contributed by atoms with Crippen LogP contribution in [0.1, 0.15) is 29.5 Å². The number of fused-ring (bicyclic) bond motifs is 2. The number of aliphatic hydroxyl groups is 1. The summed E-state index contributed by atoms with van der Waals surface area (Å²) >= 11 is 5.96. The van der Waals surface area contributed by atoms with Crippen LogP contribution in [0.4, 0.5) is 29.3 Å². The fourth-order valence-corrected chi connectivity index (χ4v) is 6.65. The first-order valence-corrected chi connectivity index (χ1v) is 15.5. The number of para-hydroxylation sites is 1. The van der Waals surface area contributed by atoms with E-state index in [0.717, 1.165) is 23.4 Å². The highest BCUT2D eigenvalue weighted by molar-refractivity contribution is 6.32. The van der Waals surface area contributed by atoms with Gasteiger partial charge in [0.2, 0.25) is 6.41 Å². The van der Waals surface area contributed by atoms with Gasteiger partial charge in [0.25, 0.3) is 5.91 Å². The van der Waals surface area contributed by atoms with Crippen molar-refractivity contribution in [3.8, 4) is 5.75 Å². The number of benzene rings is 2. The van der Waals surface area contributed by atoms with Crippen LogP contribution in [-0.4, -0.2) is 88.8 Å². The Morgan fingerprint density at radius 3 is 2.43 bits per heavy atom. The number of likely N-dealkylation sites (tertiary alicyclic amines) is 1. The number of alkyl halides is 3. The van der Waals surface area contributed by atoms with Gasteiger partial charge in [-0.1, -0.05) is 29.8 Å². The molecule has 2 amide bonds. The normalized spacial score (nSPS) is 19.5. The topological polar surface area (TPSA) is 128 Å². The van der Waals surface area contributed by atoms with Crippen LogP contribution in [0.2, 0.25) is 5.02 Å². The van der Waals surface area contributed by atoms with E-state index < -0.39 is 52.6 Å². The van der Waals surface area contributed by atoms with E-state index in [1.54, 1.807) is 34.3 Å². The summed E-state index contributed by atoms with van der Waals surface area (Å²) in [4.78, 5) is 35.5. The summed E-state index contributed by atoms with van der Waals surface area (Å²) in [6.07, 6.45) is -4.79. The summed E-state index contributed by atoms with van der Waals surface area (Å²) in [6.45, 7) is 2.09. The summed E-state index contributed by atoms with van der Waals surface area (Å²) < 4.78 is 52.7. The van der Waals surface area contributed by atoms with E-state index in [9.17, 15) is 33.0 Å². The van der Waals surface area contributed by atoms with Gasteiger partial charge in [-0.2, -0.15) is 13.2 Å². The number of hydrogen-bond acceptors (Lipinski definition) is 9. The van der Waals surface area contributed by atoms with Crippen LogP contribution in [0.3, 0.4) is 0 Å². The van der Waals surface area contributed by atoms with Crippen LogP contribution in [0.15, 0.2) is 60.9 Å². The van der Waals surface area contributed by atoms with Crippen molar-refractivity contribution in [2.45, 2.75) is 43.6 Å². The highest BCUT2D eigenvalue weighted by Gasteiger charge is 2.46. The SMILES string of the molecule is O=C1Nc2ccccc2C2(CCN(C(O)O[C@H](Cc3cc(Cl)c(O)c(C(F)(F)F)c3)C(=O)N3CCN(c4ccncc4)CC3)CC2)O1. The number of pyridine rings is 1. The van der Waals surface area contributed by atoms with E-state index in [1.165, 1.54) is 0 Å². The summed E-state index contributed by atoms with van der Waals surface area (Å²) in [7, 11) is 0. The molecule has 2 atom stereocenters. The second-order valence-corrected chi connectivity index (χ2v) is 12.1. The van der Waals surface area contributed by atoms with Crippen molar-refractivity contribution in [3.63, 3.8) is 0 Å². The second kappa shape index (κ2) is 13.2. The van der Waals surface area contributed by atoms with Crippen LogP contribution in [-0.2, 0) is 32.5 Å². The lowest BCUT2D eigenvalue weighted by atomic mass is 9.82. The van der Waals surface area contributed by atoms with Gasteiger partial charge in [0, 0.05) is 82.2 Å². The number of piperidine rings is 1. The van der Waals surface area contributed by atoms with Crippen molar-refractivity contribution in [2.75, 3.05) is 49.5 Å². The van der Waals surface area contributed by atoms with Gasteiger partial charge in [0.05, 0.1) is 16.3 Å². The lowest BCUT2D eigenvalue weighted by Gasteiger charge is -2.45. The molecule has 6 rings (SSSR count). The van der Waals surface area contributed by atoms with Crippen molar-refractivity contribution < 1.29 is 42.4 Å². The van der Waals surface area contributed by atoms with Crippen molar-refractivity contribution in [2.24, 2.45) is 0 Å². The fraction of sp³-hybridized carbons (Fsp3) is 0.406.